The standard InChI is InChI=1S/C23H18N4O/c24-18-10-3-1-8-16(18)20-13-7-14-22(26-20)23(28)27-21-12-4-2-9-17(21)19-11-5-6-15-25-19/h1-15H,24H2,(H,27,28). The Morgan fingerprint density at radius 1 is 0.750 bits per heavy atom. The Kier molecular flexibility index (Phi) is 4.80. The Hall–Kier alpha value is -3.99. The van der Waals surface area contributed by atoms with Crippen LogP contribution in [0.5, 0.6) is 0 Å². The van der Waals surface area contributed by atoms with Gasteiger partial charge in [-0.3, -0.25) is 9.78 Å². The zero-order valence-corrected chi connectivity index (χ0v) is 15.0. The predicted molar refractivity (Wildman–Crippen MR) is 112 cm³/mol. The Morgan fingerprint density at radius 2 is 1.46 bits per heavy atom. The van der Waals surface area contributed by atoms with E-state index in [1.165, 1.54) is 0 Å². The lowest BCUT2D eigenvalue weighted by Crippen LogP contribution is -2.14. The van der Waals surface area contributed by atoms with Crippen molar-refractivity contribution >= 4 is 17.3 Å². The number of nitrogens with zero attached hydrogens (tertiary/aromatic N) is 2. The van der Waals surface area contributed by atoms with Gasteiger partial charge in [0.15, 0.2) is 0 Å². The summed E-state index contributed by atoms with van der Waals surface area (Å²) >= 11 is 0. The third-order valence-corrected chi connectivity index (χ3v) is 4.33. The van der Waals surface area contributed by atoms with Crippen LogP contribution in [-0.2, 0) is 0 Å². The molecule has 0 saturated carbocycles. The number of nitrogens with two attached hydrogens (primary N) is 1. The molecule has 2 heterocycles. The molecule has 3 N–H and O–H groups in total. The molecule has 4 rings (SSSR count). The number of anilines is 2. The summed E-state index contributed by atoms with van der Waals surface area (Å²) in [7, 11) is 0. The van der Waals surface area contributed by atoms with Crippen molar-refractivity contribution in [3.05, 3.63) is 96.8 Å². The van der Waals surface area contributed by atoms with Gasteiger partial charge < -0.3 is 11.1 Å². The van der Waals surface area contributed by atoms with E-state index >= 15 is 0 Å². The summed E-state index contributed by atoms with van der Waals surface area (Å²) in [6.45, 7) is 0. The van der Waals surface area contributed by atoms with Crippen LogP contribution < -0.4 is 11.1 Å². The second-order valence-corrected chi connectivity index (χ2v) is 6.21. The number of nitrogen functional groups attached to an aromatic ring is 1. The van der Waals surface area contributed by atoms with Crippen molar-refractivity contribution in [3.8, 4) is 22.5 Å². The zero-order valence-electron chi connectivity index (χ0n) is 15.0. The summed E-state index contributed by atoms with van der Waals surface area (Å²) in [6.07, 6.45) is 1.73. The molecule has 2 aromatic heterocycles. The molecular formula is C23H18N4O. The molecule has 0 bridgehead atoms. The molecule has 0 atom stereocenters. The number of hydrogen-bond donors (Lipinski definition) is 2. The Balaban J connectivity index is 1.64. The summed E-state index contributed by atoms with van der Waals surface area (Å²) in [6, 6.07) is 26.0. The predicted octanol–water partition coefficient (Wildman–Crippen LogP) is 4.65. The average molecular weight is 366 g/mol. The fourth-order valence-electron chi connectivity index (χ4n) is 2.97. The number of hydrogen-bond acceptors (Lipinski definition) is 4. The highest BCUT2D eigenvalue weighted by molar-refractivity contribution is 6.05. The largest absolute Gasteiger partial charge is 0.398 e. The van der Waals surface area contributed by atoms with Crippen molar-refractivity contribution in [2.24, 2.45) is 0 Å². The van der Waals surface area contributed by atoms with Crippen molar-refractivity contribution in [1.29, 1.82) is 0 Å². The van der Waals surface area contributed by atoms with E-state index in [1.54, 1.807) is 18.3 Å². The molecule has 0 fully saturated rings. The van der Waals surface area contributed by atoms with E-state index in [0.29, 0.717) is 22.8 Å². The average Bonchev–Trinajstić information content (AvgIpc) is 2.75. The van der Waals surface area contributed by atoms with E-state index < -0.39 is 0 Å². The molecule has 5 nitrogen and oxygen atoms in total. The molecule has 4 aromatic rings. The summed E-state index contributed by atoms with van der Waals surface area (Å²) in [4.78, 5) is 21.7. The first kappa shape index (κ1) is 17.4. The van der Waals surface area contributed by atoms with Crippen LogP contribution in [0.15, 0.2) is 91.1 Å². The maximum absolute atomic E-state index is 12.8. The van der Waals surface area contributed by atoms with E-state index in [4.69, 9.17) is 5.73 Å². The molecule has 28 heavy (non-hydrogen) atoms. The lowest BCUT2D eigenvalue weighted by molar-refractivity contribution is 0.102. The fourth-order valence-corrected chi connectivity index (χ4v) is 2.97. The summed E-state index contributed by atoms with van der Waals surface area (Å²) in [5, 5.41) is 2.95. The highest BCUT2D eigenvalue weighted by atomic mass is 16.1. The monoisotopic (exact) mass is 366 g/mol. The molecule has 2 aromatic carbocycles. The van der Waals surface area contributed by atoms with Crippen LogP contribution in [0.3, 0.4) is 0 Å². The molecule has 0 aliphatic carbocycles. The van der Waals surface area contributed by atoms with E-state index in [9.17, 15) is 4.79 Å². The molecular weight excluding hydrogens is 348 g/mol. The number of aromatic nitrogens is 2. The first-order valence-electron chi connectivity index (χ1n) is 8.86. The van der Waals surface area contributed by atoms with Gasteiger partial charge in [0.05, 0.1) is 17.1 Å². The van der Waals surface area contributed by atoms with Gasteiger partial charge in [-0.1, -0.05) is 48.5 Å². The fraction of sp³-hybridized carbons (Fsp3) is 0. The van der Waals surface area contributed by atoms with Gasteiger partial charge in [-0.05, 0) is 36.4 Å². The van der Waals surface area contributed by atoms with Gasteiger partial charge in [0.25, 0.3) is 5.91 Å². The van der Waals surface area contributed by atoms with Crippen molar-refractivity contribution in [1.82, 2.24) is 9.97 Å². The highest BCUT2D eigenvalue weighted by Crippen LogP contribution is 2.27. The normalized spacial score (nSPS) is 10.4. The van der Waals surface area contributed by atoms with Gasteiger partial charge in [-0.15, -0.1) is 0 Å². The third kappa shape index (κ3) is 3.59. The second kappa shape index (κ2) is 7.72. The van der Waals surface area contributed by atoms with E-state index in [1.807, 2.05) is 72.8 Å². The Bertz CT molecular complexity index is 1130. The molecule has 0 saturated heterocycles. The molecule has 0 aliphatic rings. The van der Waals surface area contributed by atoms with E-state index in [-0.39, 0.29) is 5.91 Å². The molecule has 136 valence electrons. The molecule has 0 spiro atoms. The lowest BCUT2D eigenvalue weighted by Gasteiger charge is -2.11. The number of nitrogens with one attached hydrogen (secondary N) is 1. The minimum Gasteiger partial charge on any atom is -0.398 e. The summed E-state index contributed by atoms with van der Waals surface area (Å²) < 4.78 is 0. The van der Waals surface area contributed by atoms with Gasteiger partial charge in [0.2, 0.25) is 0 Å². The van der Waals surface area contributed by atoms with Gasteiger partial charge >= 0.3 is 0 Å². The van der Waals surface area contributed by atoms with Gasteiger partial charge in [0, 0.05) is 23.0 Å². The minimum absolute atomic E-state index is 0.292. The summed E-state index contributed by atoms with van der Waals surface area (Å²) in [5.74, 6) is -0.292. The lowest BCUT2D eigenvalue weighted by atomic mass is 10.1. The number of rotatable bonds is 4. The highest BCUT2D eigenvalue weighted by Gasteiger charge is 2.13. The smallest absolute Gasteiger partial charge is 0.274 e. The number of carbonyl (C=O) groups is 1. The van der Waals surface area contributed by atoms with Crippen LogP contribution in [0.2, 0.25) is 0 Å². The first-order chi connectivity index (χ1) is 13.7. The Morgan fingerprint density at radius 3 is 2.25 bits per heavy atom. The van der Waals surface area contributed by atoms with Crippen LogP contribution in [-0.4, -0.2) is 15.9 Å². The molecule has 1 amide bonds. The van der Waals surface area contributed by atoms with Crippen molar-refractivity contribution < 1.29 is 4.79 Å². The van der Waals surface area contributed by atoms with Crippen LogP contribution in [0, 0.1) is 0 Å². The van der Waals surface area contributed by atoms with Gasteiger partial charge in [-0.2, -0.15) is 0 Å². The zero-order chi connectivity index (χ0) is 19.3. The first-order valence-corrected chi connectivity index (χ1v) is 8.86. The molecule has 0 radical (unpaired) electrons. The minimum atomic E-state index is -0.292. The SMILES string of the molecule is Nc1ccccc1-c1cccc(C(=O)Nc2ccccc2-c2ccccn2)n1. The van der Waals surface area contributed by atoms with Crippen LogP contribution >= 0.6 is 0 Å². The van der Waals surface area contributed by atoms with E-state index in [0.717, 1.165) is 16.8 Å². The van der Waals surface area contributed by atoms with Crippen LogP contribution in [0.1, 0.15) is 10.5 Å². The molecule has 5 heteroatoms. The van der Waals surface area contributed by atoms with Crippen LogP contribution in [0.4, 0.5) is 11.4 Å². The number of benzene rings is 2. The number of carbonyl (C=O) groups excluding carboxylic acids is 1. The topological polar surface area (TPSA) is 80.9 Å². The van der Waals surface area contributed by atoms with Gasteiger partial charge in [0.1, 0.15) is 5.69 Å². The third-order valence-electron chi connectivity index (χ3n) is 4.33. The van der Waals surface area contributed by atoms with Crippen LogP contribution in [0.25, 0.3) is 22.5 Å². The Labute approximate surface area is 162 Å². The number of para-hydroxylation sites is 2. The second-order valence-electron chi connectivity index (χ2n) is 6.21. The number of amides is 1. The van der Waals surface area contributed by atoms with Crippen molar-refractivity contribution in [2.45, 2.75) is 0 Å². The molecule has 0 aliphatic heterocycles. The van der Waals surface area contributed by atoms with Crippen molar-refractivity contribution in [3.63, 3.8) is 0 Å². The van der Waals surface area contributed by atoms with Gasteiger partial charge in [-0.25, -0.2) is 4.98 Å². The van der Waals surface area contributed by atoms with Crippen molar-refractivity contribution in [2.75, 3.05) is 11.1 Å². The number of pyridine rings is 2. The quantitative estimate of drug-likeness (QED) is 0.515. The molecule has 0 unspecified atom stereocenters. The maximum Gasteiger partial charge on any atom is 0.274 e. The van der Waals surface area contributed by atoms with E-state index in [2.05, 4.69) is 15.3 Å². The summed E-state index contributed by atoms with van der Waals surface area (Å²) in [5.41, 5.74) is 10.7. The maximum atomic E-state index is 12.8.